The number of nitrogens with one attached hydrogen (secondary N) is 3. The lowest BCUT2D eigenvalue weighted by Gasteiger charge is -2.18. The van der Waals surface area contributed by atoms with Crippen molar-refractivity contribution in [3.8, 4) is 63.7 Å². The smallest absolute Gasteiger partial charge is 0.471 e. The third kappa shape index (κ3) is 22.9. The van der Waals surface area contributed by atoms with Gasteiger partial charge in [-0.15, -0.1) is 11.8 Å². The molecule has 6 N–H and O–H groups in total. The number of aryl methyl sites for hydroxylation is 1. The van der Waals surface area contributed by atoms with Crippen molar-refractivity contribution >= 4 is 17.7 Å². The Morgan fingerprint density at radius 2 is 0.800 bits per heavy atom. The summed E-state index contributed by atoms with van der Waals surface area (Å²) < 4.78 is 128. The van der Waals surface area contributed by atoms with Crippen LogP contribution in [-0.4, -0.2) is 93.7 Å². The first kappa shape index (κ1) is 78.0. The van der Waals surface area contributed by atoms with E-state index >= 15 is 0 Å². The highest BCUT2D eigenvalue weighted by Crippen LogP contribution is 2.30. The van der Waals surface area contributed by atoms with Crippen molar-refractivity contribution in [2.45, 2.75) is 121 Å². The molecule has 0 bridgehead atoms. The number of nitrogens with zero attached hydrogens (tertiary/aromatic N) is 8. The second-order valence-electron chi connectivity index (χ2n) is 18.3. The van der Waals surface area contributed by atoms with E-state index in [4.69, 9.17) is 15.2 Å². The number of aromatic nitrogens is 8. The quantitative estimate of drug-likeness (QED) is 0.0480. The number of phenolic OH excluding ortho intramolecular Hbond substituents is 1. The Labute approximate surface area is 517 Å². The van der Waals surface area contributed by atoms with Crippen LogP contribution in [0.1, 0.15) is 123 Å². The molecule has 18 nitrogen and oxygen atoms in total. The van der Waals surface area contributed by atoms with Crippen molar-refractivity contribution in [1.29, 1.82) is 0 Å². The number of rotatable bonds is 15. The van der Waals surface area contributed by atoms with Gasteiger partial charge in [-0.1, -0.05) is 71.9 Å². The zero-order chi connectivity index (χ0) is 63.4. The molecule has 486 valence electrons. The summed E-state index contributed by atoms with van der Waals surface area (Å²) in [6.07, 6.45) is -1.28. The predicted octanol–water partition coefficient (Wildman–Crippen LogP) is 13.1. The fraction of sp³-hybridized carbons (Fsp3) is 0.317. The summed E-state index contributed by atoms with van der Waals surface area (Å²) in [4.78, 5) is 32.9. The van der Waals surface area contributed by atoms with Crippen molar-refractivity contribution in [3.05, 3.63) is 174 Å². The van der Waals surface area contributed by atoms with Gasteiger partial charge in [0.2, 0.25) is 0 Å². The molecule has 0 spiro atoms. The number of hydrogen-bond donors (Lipinski definition) is 5. The maximum Gasteiger partial charge on any atom is 0.471 e. The van der Waals surface area contributed by atoms with Gasteiger partial charge in [-0.25, -0.2) is 18.7 Å². The van der Waals surface area contributed by atoms with E-state index in [1.807, 2.05) is 60.3 Å². The van der Waals surface area contributed by atoms with Crippen LogP contribution < -0.4 is 31.2 Å². The predicted molar refractivity (Wildman–Crippen MR) is 326 cm³/mol. The van der Waals surface area contributed by atoms with Crippen LogP contribution in [0.5, 0.6) is 17.2 Å². The van der Waals surface area contributed by atoms with E-state index in [0.29, 0.717) is 40.4 Å². The number of ether oxygens (including phenoxy) is 2. The second-order valence-corrected chi connectivity index (χ2v) is 18.3. The fourth-order valence-electron chi connectivity index (χ4n) is 7.54. The molecule has 4 atom stereocenters. The Hall–Kier alpha value is -10.0. The van der Waals surface area contributed by atoms with Gasteiger partial charge in [-0.2, -0.15) is 59.9 Å². The summed E-state index contributed by atoms with van der Waals surface area (Å²) in [6, 6.07) is 24.7. The zero-order valence-corrected chi connectivity index (χ0v) is 47.1. The number of benzene rings is 4. The molecule has 3 amide bonds. The molecular formula is C63H75F9N12O6. The summed E-state index contributed by atoms with van der Waals surface area (Å²) in [5.41, 5.74) is 11.9. The van der Waals surface area contributed by atoms with Crippen LogP contribution in [0.15, 0.2) is 147 Å². The van der Waals surface area contributed by atoms with Crippen LogP contribution >= 0.6 is 0 Å². The van der Waals surface area contributed by atoms with Gasteiger partial charge in [-0.05, 0) is 143 Å². The first-order chi connectivity index (χ1) is 40.6. The third-order valence-corrected chi connectivity index (χ3v) is 12.0. The molecule has 4 heterocycles. The van der Waals surface area contributed by atoms with Crippen molar-refractivity contribution < 1.29 is 68.5 Å². The SMILES string of the molecule is C.C.C.C.CC#CCOc1cc([C@@H](C)N)ccc1-n1cccn1.CC#CCOc1cc([C@@H](C)NC(=O)C(F)(F)F)ccc1-n1cccn1.C[C@@H](NC(=O)C(F)(F)F)c1ccc(-n2cccn2)c(O)c1.Cc1cc([C@@H](C)NC(=O)C(F)(F)F)ccc1-n1cccn1. The number of alkyl halides is 9. The standard InChI is InChI=1S/C17H16F3N3O2.C15H17N3O.C14H14F3N3O.C13H12F3N3O2.4CH4/c1-3-4-10-25-15-11-13(12(2)22-16(24)17(18,19)20)6-7-14(15)23-9-5-8-21-23;1-3-4-10-19-15-11-13(12(2)16)6-7-14(15)18-9-5-8-17-18;1-9-8-11(10(2)19-13(21)14(15,16)17)4-5-12(9)20-7-3-6-18-20;1-8(18-12(21)13(14,15)16)9-3-4-10(11(20)7-9)19-6-2-5-17-19;;;;/h5-9,11-12H,10H2,1-2H3,(H,22,24);5-9,11-12H,10,16H2,1-2H3;3-8,10H,1-2H3,(H,19,21);2-8,20H,1H3,(H,18,21);4*1H4/t2*12-;10-;8-;;;;/m1111..../s1. The maximum absolute atomic E-state index is 12.4. The van der Waals surface area contributed by atoms with E-state index < -0.39 is 54.4 Å². The van der Waals surface area contributed by atoms with Crippen LogP contribution in [0.3, 0.4) is 0 Å². The highest BCUT2D eigenvalue weighted by atomic mass is 19.4. The Bertz CT molecular complexity index is 3490. The van der Waals surface area contributed by atoms with Crippen molar-refractivity contribution in [2.24, 2.45) is 5.73 Å². The number of carbonyl (C=O) groups is 3. The van der Waals surface area contributed by atoms with Crippen LogP contribution in [-0.2, 0) is 14.4 Å². The largest absolute Gasteiger partial charge is 0.506 e. The number of hydrogen-bond acceptors (Lipinski definition) is 11. The van der Waals surface area contributed by atoms with E-state index in [-0.39, 0.29) is 48.1 Å². The normalized spacial score (nSPS) is 11.8. The molecule has 27 heteroatoms. The molecule has 90 heavy (non-hydrogen) atoms. The van der Waals surface area contributed by atoms with E-state index in [2.05, 4.69) is 44.1 Å². The topological polar surface area (TPSA) is 223 Å². The molecule has 4 aromatic heterocycles. The van der Waals surface area contributed by atoms with Crippen molar-refractivity contribution in [1.82, 2.24) is 55.1 Å². The Kier molecular flexibility index (Phi) is 30.9. The summed E-state index contributed by atoms with van der Waals surface area (Å²) in [6.45, 7) is 12.1. The molecule has 8 rings (SSSR count). The van der Waals surface area contributed by atoms with Crippen molar-refractivity contribution in [2.75, 3.05) is 13.2 Å². The zero-order valence-electron chi connectivity index (χ0n) is 47.1. The lowest BCUT2D eigenvalue weighted by Crippen LogP contribution is -2.38. The van der Waals surface area contributed by atoms with Gasteiger partial charge >= 0.3 is 36.3 Å². The minimum Gasteiger partial charge on any atom is -0.506 e. The highest BCUT2D eigenvalue weighted by Gasteiger charge is 2.41. The summed E-state index contributed by atoms with van der Waals surface area (Å²) >= 11 is 0. The average Bonchev–Trinajstić information content (AvgIpc) is 1.45. The summed E-state index contributed by atoms with van der Waals surface area (Å²) in [5, 5.41) is 31.9. The Morgan fingerprint density at radius 3 is 1.11 bits per heavy atom. The van der Waals surface area contributed by atoms with Crippen molar-refractivity contribution in [3.63, 3.8) is 0 Å². The van der Waals surface area contributed by atoms with Gasteiger partial charge in [0.1, 0.15) is 47.5 Å². The lowest BCUT2D eigenvalue weighted by atomic mass is 10.0. The molecule has 8 aromatic rings. The third-order valence-electron chi connectivity index (χ3n) is 12.0. The van der Waals surface area contributed by atoms with Gasteiger partial charge in [0, 0.05) is 55.6 Å². The van der Waals surface area contributed by atoms with Gasteiger partial charge < -0.3 is 36.3 Å². The minimum absolute atomic E-state index is 0. The molecule has 0 unspecified atom stereocenters. The first-order valence-corrected chi connectivity index (χ1v) is 25.8. The van der Waals surface area contributed by atoms with Gasteiger partial charge in [-0.3, -0.25) is 14.4 Å². The van der Waals surface area contributed by atoms with E-state index in [0.717, 1.165) is 28.3 Å². The molecule has 0 fully saturated rings. The summed E-state index contributed by atoms with van der Waals surface area (Å²) in [7, 11) is 0. The summed E-state index contributed by atoms with van der Waals surface area (Å²) in [5.74, 6) is 6.17. The van der Waals surface area contributed by atoms with Gasteiger partial charge in [0.15, 0.2) is 0 Å². The molecule has 0 radical (unpaired) electrons. The van der Waals surface area contributed by atoms with Crippen LogP contribution in [0.4, 0.5) is 39.5 Å². The molecule has 0 saturated heterocycles. The number of carbonyl (C=O) groups excluding carboxylic acids is 3. The number of aromatic hydroxyl groups is 1. The number of nitrogens with two attached hydrogens (primary N) is 1. The molecule has 4 aromatic carbocycles. The highest BCUT2D eigenvalue weighted by molar-refractivity contribution is 5.83. The van der Waals surface area contributed by atoms with Crippen LogP contribution in [0.2, 0.25) is 0 Å². The Morgan fingerprint density at radius 1 is 0.500 bits per heavy atom. The van der Waals surface area contributed by atoms with Crippen LogP contribution in [0.25, 0.3) is 22.7 Å². The number of amides is 3. The lowest BCUT2D eigenvalue weighted by molar-refractivity contribution is -0.174. The molecule has 0 aliphatic rings. The molecular weight excluding hydrogens is 1190 g/mol. The first-order valence-electron chi connectivity index (χ1n) is 25.8. The van der Waals surface area contributed by atoms with Gasteiger partial charge in [0.05, 0.1) is 23.8 Å². The minimum atomic E-state index is -4.94. The number of phenols is 1. The molecule has 0 aliphatic heterocycles. The Balaban J connectivity index is 0.000000594. The fourth-order valence-corrected chi connectivity index (χ4v) is 7.54. The average molecular weight is 1270 g/mol. The monoisotopic (exact) mass is 1270 g/mol. The second kappa shape index (κ2) is 35.7. The van der Waals surface area contributed by atoms with E-state index in [1.54, 1.807) is 120 Å². The molecule has 0 aliphatic carbocycles. The number of halogens is 9. The van der Waals surface area contributed by atoms with Crippen LogP contribution in [0, 0.1) is 30.6 Å². The maximum atomic E-state index is 12.4. The molecule has 0 saturated carbocycles. The van der Waals surface area contributed by atoms with E-state index in [1.165, 1.54) is 49.8 Å². The van der Waals surface area contributed by atoms with Gasteiger partial charge in [0.25, 0.3) is 0 Å². The van der Waals surface area contributed by atoms with E-state index in [9.17, 15) is 59.0 Å².